The minimum atomic E-state index is 0.0249. The first kappa shape index (κ1) is 13.2. The molecule has 0 amide bonds. The van der Waals surface area contributed by atoms with Gasteiger partial charge in [-0.05, 0) is 24.2 Å². The summed E-state index contributed by atoms with van der Waals surface area (Å²) in [6.07, 6.45) is 1.07. The zero-order valence-corrected chi connectivity index (χ0v) is 11.3. The Morgan fingerprint density at radius 2 is 2.06 bits per heavy atom. The highest BCUT2D eigenvalue weighted by atomic mass is 35.5. The molecular formula is C13H13ClN2OS. The standard InChI is InChI=1S/C13H13ClN2OS/c14-10-3-1-9(2-4-10)7-12(17)11-8-18-13(16-11)5-6-15/h1-4,8H,5-7,15H2. The lowest BCUT2D eigenvalue weighted by Gasteiger charge is -1.99. The SMILES string of the molecule is NCCc1nc(C(=O)Cc2ccc(Cl)cc2)cs1. The van der Waals surface area contributed by atoms with E-state index in [0.29, 0.717) is 23.7 Å². The molecule has 2 N–H and O–H groups in total. The summed E-state index contributed by atoms with van der Waals surface area (Å²) in [5.41, 5.74) is 6.92. The van der Waals surface area contributed by atoms with Crippen LogP contribution in [0.4, 0.5) is 0 Å². The first-order valence-electron chi connectivity index (χ1n) is 5.61. The number of ketones is 1. The van der Waals surface area contributed by atoms with Gasteiger partial charge in [-0.15, -0.1) is 11.3 Å². The number of rotatable bonds is 5. The van der Waals surface area contributed by atoms with Gasteiger partial charge in [0.05, 0.1) is 5.01 Å². The van der Waals surface area contributed by atoms with Gasteiger partial charge in [0.25, 0.3) is 0 Å². The van der Waals surface area contributed by atoms with Gasteiger partial charge in [0, 0.05) is 23.2 Å². The van der Waals surface area contributed by atoms with Gasteiger partial charge in [0.2, 0.25) is 0 Å². The van der Waals surface area contributed by atoms with Gasteiger partial charge in [-0.25, -0.2) is 4.98 Å². The molecule has 0 radical (unpaired) electrons. The van der Waals surface area contributed by atoms with E-state index in [2.05, 4.69) is 4.98 Å². The number of carbonyl (C=O) groups is 1. The van der Waals surface area contributed by atoms with E-state index in [1.165, 1.54) is 11.3 Å². The predicted molar refractivity (Wildman–Crippen MR) is 74.4 cm³/mol. The molecule has 94 valence electrons. The third kappa shape index (κ3) is 3.38. The molecule has 0 aliphatic rings. The number of thiazole rings is 1. The quantitative estimate of drug-likeness (QED) is 0.857. The lowest BCUT2D eigenvalue weighted by molar-refractivity contribution is 0.0988. The van der Waals surface area contributed by atoms with Crippen molar-refractivity contribution < 1.29 is 4.79 Å². The predicted octanol–water partition coefficient (Wildman–Crippen LogP) is 2.72. The lowest BCUT2D eigenvalue weighted by Crippen LogP contribution is -2.06. The van der Waals surface area contributed by atoms with Crippen molar-refractivity contribution in [1.82, 2.24) is 4.98 Å². The van der Waals surface area contributed by atoms with E-state index in [9.17, 15) is 4.79 Å². The molecule has 5 heteroatoms. The second-order valence-corrected chi connectivity index (χ2v) is 5.27. The van der Waals surface area contributed by atoms with Crippen LogP contribution in [0.2, 0.25) is 5.02 Å². The molecule has 0 saturated carbocycles. The third-order valence-electron chi connectivity index (χ3n) is 2.47. The molecule has 2 rings (SSSR count). The van der Waals surface area contributed by atoms with Crippen LogP contribution in [0.25, 0.3) is 0 Å². The molecule has 3 nitrogen and oxygen atoms in total. The Hall–Kier alpha value is -1.23. The van der Waals surface area contributed by atoms with E-state index in [1.54, 1.807) is 17.5 Å². The first-order chi connectivity index (χ1) is 8.69. The molecule has 0 bridgehead atoms. The number of hydrogen-bond acceptors (Lipinski definition) is 4. The molecule has 1 aromatic carbocycles. The van der Waals surface area contributed by atoms with Crippen LogP contribution >= 0.6 is 22.9 Å². The second-order valence-electron chi connectivity index (χ2n) is 3.89. The van der Waals surface area contributed by atoms with Crippen LogP contribution in [0.1, 0.15) is 21.1 Å². The molecule has 18 heavy (non-hydrogen) atoms. The van der Waals surface area contributed by atoms with Crippen LogP contribution in [0.3, 0.4) is 0 Å². The number of hydrogen-bond donors (Lipinski definition) is 1. The van der Waals surface area contributed by atoms with Crippen LogP contribution < -0.4 is 5.73 Å². The highest BCUT2D eigenvalue weighted by molar-refractivity contribution is 7.09. The summed E-state index contributed by atoms with van der Waals surface area (Å²) in [4.78, 5) is 16.3. The van der Waals surface area contributed by atoms with Crippen LogP contribution in [-0.4, -0.2) is 17.3 Å². The smallest absolute Gasteiger partial charge is 0.186 e. The lowest BCUT2D eigenvalue weighted by atomic mass is 10.1. The largest absolute Gasteiger partial charge is 0.330 e. The van der Waals surface area contributed by atoms with Crippen molar-refractivity contribution in [2.24, 2.45) is 5.73 Å². The number of Topliss-reactive ketones (excluding diaryl/α,β-unsaturated/α-hetero) is 1. The van der Waals surface area contributed by atoms with Crippen molar-refractivity contribution in [2.45, 2.75) is 12.8 Å². The fourth-order valence-corrected chi connectivity index (χ4v) is 2.50. The minimum Gasteiger partial charge on any atom is -0.330 e. The van der Waals surface area contributed by atoms with Crippen LogP contribution in [0.5, 0.6) is 0 Å². The highest BCUT2D eigenvalue weighted by Crippen LogP contribution is 2.14. The average molecular weight is 281 g/mol. The molecule has 1 aromatic heterocycles. The molecule has 0 aliphatic heterocycles. The summed E-state index contributed by atoms with van der Waals surface area (Å²) in [5.74, 6) is 0.0249. The van der Waals surface area contributed by atoms with Gasteiger partial charge >= 0.3 is 0 Å². The maximum Gasteiger partial charge on any atom is 0.186 e. The molecule has 0 atom stereocenters. The fraction of sp³-hybridized carbons (Fsp3) is 0.231. The molecule has 0 fully saturated rings. The van der Waals surface area contributed by atoms with Gasteiger partial charge in [-0.3, -0.25) is 4.79 Å². The molecule has 0 aliphatic carbocycles. The van der Waals surface area contributed by atoms with Crippen LogP contribution in [0.15, 0.2) is 29.6 Å². The molecule has 0 saturated heterocycles. The van der Waals surface area contributed by atoms with E-state index in [4.69, 9.17) is 17.3 Å². The van der Waals surface area contributed by atoms with Gasteiger partial charge in [0.1, 0.15) is 5.69 Å². The monoisotopic (exact) mass is 280 g/mol. The first-order valence-corrected chi connectivity index (χ1v) is 6.87. The minimum absolute atomic E-state index is 0.0249. The van der Waals surface area contributed by atoms with E-state index >= 15 is 0 Å². The molecule has 0 unspecified atom stereocenters. The van der Waals surface area contributed by atoms with Gasteiger partial charge < -0.3 is 5.73 Å². The van der Waals surface area contributed by atoms with Crippen molar-refractivity contribution in [2.75, 3.05) is 6.54 Å². The topological polar surface area (TPSA) is 56.0 Å². The Morgan fingerprint density at radius 1 is 1.33 bits per heavy atom. The summed E-state index contributed by atoms with van der Waals surface area (Å²) in [7, 11) is 0. The van der Waals surface area contributed by atoms with Crippen molar-refractivity contribution >= 4 is 28.7 Å². The second kappa shape index (κ2) is 6.09. The molecular weight excluding hydrogens is 268 g/mol. The maximum atomic E-state index is 12.0. The third-order valence-corrected chi connectivity index (χ3v) is 3.63. The number of nitrogens with two attached hydrogens (primary N) is 1. The Bertz CT molecular complexity index is 536. The van der Waals surface area contributed by atoms with E-state index in [-0.39, 0.29) is 5.78 Å². The molecule has 0 spiro atoms. The zero-order valence-electron chi connectivity index (χ0n) is 9.73. The summed E-state index contributed by atoms with van der Waals surface area (Å²) in [5, 5.41) is 3.38. The average Bonchev–Trinajstić information content (AvgIpc) is 2.81. The van der Waals surface area contributed by atoms with Crippen molar-refractivity contribution in [1.29, 1.82) is 0 Å². The summed E-state index contributed by atoms with van der Waals surface area (Å²) in [6, 6.07) is 7.27. The van der Waals surface area contributed by atoms with Crippen molar-refractivity contribution in [3.05, 3.63) is 50.9 Å². The Balaban J connectivity index is 2.04. The summed E-state index contributed by atoms with van der Waals surface area (Å²) >= 11 is 7.28. The Morgan fingerprint density at radius 3 is 2.72 bits per heavy atom. The van der Waals surface area contributed by atoms with E-state index < -0.39 is 0 Å². The maximum absolute atomic E-state index is 12.0. The normalized spacial score (nSPS) is 10.6. The Labute approximate surface area is 115 Å². The van der Waals surface area contributed by atoms with Crippen LogP contribution in [0, 0.1) is 0 Å². The molecule has 1 heterocycles. The van der Waals surface area contributed by atoms with Gasteiger partial charge in [-0.2, -0.15) is 0 Å². The summed E-state index contributed by atoms with van der Waals surface area (Å²) < 4.78 is 0. The number of benzene rings is 1. The van der Waals surface area contributed by atoms with Gasteiger partial charge in [0.15, 0.2) is 5.78 Å². The summed E-state index contributed by atoms with van der Waals surface area (Å²) in [6.45, 7) is 0.554. The highest BCUT2D eigenvalue weighted by Gasteiger charge is 2.11. The Kier molecular flexibility index (Phi) is 4.47. The van der Waals surface area contributed by atoms with Crippen LogP contribution in [-0.2, 0) is 12.8 Å². The van der Waals surface area contributed by atoms with Gasteiger partial charge in [-0.1, -0.05) is 23.7 Å². The van der Waals surface area contributed by atoms with Crippen molar-refractivity contribution in [3.63, 3.8) is 0 Å². The zero-order chi connectivity index (χ0) is 13.0. The number of aromatic nitrogens is 1. The number of nitrogens with zero attached hydrogens (tertiary/aromatic N) is 1. The number of halogens is 1. The molecule has 2 aromatic rings. The van der Waals surface area contributed by atoms with Crippen molar-refractivity contribution in [3.8, 4) is 0 Å². The number of carbonyl (C=O) groups excluding carboxylic acids is 1. The van der Waals surface area contributed by atoms with E-state index in [0.717, 1.165) is 17.0 Å². The fourth-order valence-electron chi connectivity index (χ4n) is 1.56. The van der Waals surface area contributed by atoms with E-state index in [1.807, 2.05) is 12.1 Å².